The summed E-state index contributed by atoms with van der Waals surface area (Å²) >= 11 is 3.69. The molecule has 9 aromatic carbocycles. The fraction of sp³-hybridized carbons (Fsp3) is 0.194. The SMILES string of the molecule is Cc1cc2c(cc1N1c3cc4c(cc3B3c5c1cc1c(oc6ccccc61)c5-c1cc5c(cc1N3c1ccc(C(C)(C)C)cc1-c1ccccc1)sc1ccccc15)Sc1ccccc1O4)C(C)(C)CCC2(C)C. The van der Waals surface area contributed by atoms with E-state index in [0.717, 1.165) is 78.7 Å². The maximum absolute atomic E-state index is 7.30. The number of ether oxygens (including phenoxy) is 1. The lowest BCUT2D eigenvalue weighted by molar-refractivity contribution is 0.332. The zero-order valence-electron chi connectivity index (χ0n) is 43.1. The van der Waals surface area contributed by atoms with Crippen molar-refractivity contribution in [3.8, 4) is 33.8 Å². The maximum atomic E-state index is 7.30. The minimum atomic E-state index is -0.275. The maximum Gasteiger partial charge on any atom is 0.333 e. The Morgan fingerprint density at radius 3 is 2.09 bits per heavy atom. The number of hydrogen-bond donors (Lipinski definition) is 0. The molecule has 74 heavy (non-hydrogen) atoms. The highest BCUT2D eigenvalue weighted by Gasteiger charge is 2.49. The number of anilines is 5. The van der Waals surface area contributed by atoms with Crippen LogP contribution in [-0.2, 0) is 16.2 Å². The van der Waals surface area contributed by atoms with E-state index in [1.807, 2.05) is 23.1 Å². The Bertz CT molecular complexity index is 4230. The van der Waals surface area contributed by atoms with E-state index in [9.17, 15) is 0 Å². The third-order valence-electron chi connectivity index (χ3n) is 17.0. The van der Waals surface area contributed by atoms with Crippen molar-refractivity contribution in [3.63, 3.8) is 0 Å². The Balaban J connectivity index is 1.13. The van der Waals surface area contributed by atoms with Crippen LogP contribution in [0.5, 0.6) is 11.5 Å². The molecule has 0 saturated carbocycles. The van der Waals surface area contributed by atoms with Gasteiger partial charge in [-0.05, 0) is 141 Å². The number of nitrogens with zero attached hydrogens (tertiary/aromatic N) is 2. The first-order valence-electron chi connectivity index (χ1n) is 26.2. The Hall–Kier alpha value is -7.19. The fourth-order valence-corrected chi connectivity index (χ4v) is 15.1. The minimum Gasteiger partial charge on any atom is -0.455 e. The van der Waals surface area contributed by atoms with Crippen LogP contribution >= 0.6 is 23.1 Å². The smallest absolute Gasteiger partial charge is 0.333 e. The number of para-hydroxylation sites is 2. The first-order chi connectivity index (χ1) is 35.7. The lowest BCUT2D eigenvalue weighted by Crippen LogP contribution is -2.61. The molecule has 0 bridgehead atoms. The minimum absolute atomic E-state index is 0.00457. The number of aryl methyl sites for hydroxylation is 1. The van der Waals surface area contributed by atoms with Crippen molar-refractivity contribution in [2.24, 2.45) is 0 Å². The molecule has 3 aliphatic heterocycles. The van der Waals surface area contributed by atoms with Gasteiger partial charge >= 0.3 is 6.85 Å². The molecule has 0 atom stereocenters. The van der Waals surface area contributed by atoms with Crippen LogP contribution in [0.3, 0.4) is 0 Å². The molecule has 11 aromatic rings. The van der Waals surface area contributed by atoms with Gasteiger partial charge in [0.05, 0.1) is 9.79 Å². The highest BCUT2D eigenvalue weighted by Crippen LogP contribution is 2.57. The normalized spacial score (nSPS) is 15.9. The van der Waals surface area contributed by atoms with Gasteiger partial charge in [-0.15, -0.1) is 11.3 Å². The predicted octanol–water partition coefficient (Wildman–Crippen LogP) is 18.5. The predicted molar refractivity (Wildman–Crippen MR) is 315 cm³/mol. The molecule has 0 amide bonds. The van der Waals surface area contributed by atoms with E-state index in [1.165, 1.54) is 81.4 Å². The molecule has 4 nitrogen and oxygen atoms in total. The van der Waals surface area contributed by atoms with E-state index in [2.05, 4.69) is 229 Å². The van der Waals surface area contributed by atoms with Crippen molar-refractivity contribution >= 4 is 111 Å². The van der Waals surface area contributed by atoms with Crippen LogP contribution in [-0.4, -0.2) is 6.85 Å². The molecular weight excluding hydrogens is 940 g/mol. The van der Waals surface area contributed by atoms with Crippen molar-refractivity contribution in [2.45, 2.75) is 94.3 Å². The molecule has 7 heteroatoms. The fourth-order valence-electron chi connectivity index (χ4n) is 13.0. The molecule has 0 N–H and O–H groups in total. The van der Waals surface area contributed by atoms with Gasteiger partial charge in [-0.3, -0.25) is 0 Å². The Morgan fingerprint density at radius 1 is 0.554 bits per heavy atom. The third kappa shape index (κ3) is 6.35. The van der Waals surface area contributed by atoms with Crippen LogP contribution in [0.4, 0.5) is 28.4 Å². The zero-order valence-corrected chi connectivity index (χ0v) is 44.7. The first-order valence-corrected chi connectivity index (χ1v) is 27.8. The van der Waals surface area contributed by atoms with Crippen LogP contribution in [0.15, 0.2) is 178 Å². The van der Waals surface area contributed by atoms with Gasteiger partial charge in [0, 0.05) is 82.1 Å². The lowest BCUT2D eigenvalue weighted by Gasteiger charge is -2.47. The average molecular weight is 995 g/mol. The molecule has 360 valence electrons. The number of fused-ring (bicyclic) bond motifs is 14. The van der Waals surface area contributed by atoms with Gasteiger partial charge in [0.2, 0.25) is 0 Å². The van der Waals surface area contributed by atoms with Gasteiger partial charge in [0.15, 0.2) is 0 Å². The van der Waals surface area contributed by atoms with Crippen molar-refractivity contribution in [1.29, 1.82) is 0 Å². The molecule has 2 aromatic heterocycles. The van der Waals surface area contributed by atoms with E-state index in [4.69, 9.17) is 9.15 Å². The van der Waals surface area contributed by atoms with Crippen molar-refractivity contribution in [3.05, 3.63) is 186 Å². The average Bonchev–Trinajstić information content (AvgIpc) is 4.12. The topological polar surface area (TPSA) is 28.9 Å². The number of hydrogen-bond acceptors (Lipinski definition) is 6. The van der Waals surface area contributed by atoms with Crippen molar-refractivity contribution in [2.75, 3.05) is 9.71 Å². The summed E-state index contributed by atoms with van der Waals surface area (Å²) in [5.41, 5.74) is 20.3. The van der Waals surface area contributed by atoms with Gasteiger partial charge in [-0.1, -0.05) is 151 Å². The molecule has 15 rings (SSSR count). The number of furan rings is 1. The summed E-state index contributed by atoms with van der Waals surface area (Å²) in [6.45, 7) is 18.8. The third-order valence-corrected chi connectivity index (χ3v) is 19.2. The molecule has 5 heterocycles. The summed E-state index contributed by atoms with van der Waals surface area (Å²) < 4.78 is 16.9. The molecule has 0 spiro atoms. The zero-order chi connectivity index (χ0) is 50.2. The van der Waals surface area contributed by atoms with Crippen LogP contribution in [0.2, 0.25) is 0 Å². The van der Waals surface area contributed by atoms with Crippen molar-refractivity contribution in [1.82, 2.24) is 0 Å². The van der Waals surface area contributed by atoms with Crippen LogP contribution < -0.4 is 25.4 Å². The second kappa shape index (κ2) is 15.4. The molecule has 1 aliphatic carbocycles. The summed E-state index contributed by atoms with van der Waals surface area (Å²) in [7, 11) is 0. The van der Waals surface area contributed by atoms with E-state index in [1.54, 1.807) is 0 Å². The lowest BCUT2D eigenvalue weighted by atomic mass is 9.43. The molecule has 0 saturated heterocycles. The van der Waals surface area contributed by atoms with Crippen LogP contribution in [0, 0.1) is 6.92 Å². The molecule has 0 fully saturated rings. The Kier molecular flexibility index (Phi) is 9.25. The van der Waals surface area contributed by atoms with Gasteiger partial charge in [0.1, 0.15) is 22.7 Å². The number of thiophene rings is 1. The van der Waals surface area contributed by atoms with Crippen LogP contribution in [0.25, 0.3) is 64.4 Å². The van der Waals surface area contributed by atoms with Gasteiger partial charge in [-0.2, -0.15) is 0 Å². The van der Waals surface area contributed by atoms with Gasteiger partial charge in [-0.25, -0.2) is 0 Å². The Labute approximate surface area is 441 Å². The monoisotopic (exact) mass is 994 g/mol. The number of rotatable bonds is 3. The van der Waals surface area contributed by atoms with Crippen LogP contribution in [0.1, 0.15) is 83.6 Å². The summed E-state index contributed by atoms with van der Waals surface area (Å²) in [6, 6.07) is 61.7. The molecular formula is C67H55BN2O2S2. The molecule has 0 radical (unpaired) electrons. The largest absolute Gasteiger partial charge is 0.455 e. The second-order valence-electron chi connectivity index (χ2n) is 23.5. The summed E-state index contributed by atoms with van der Waals surface area (Å²) in [5, 5.41) is 4.78. The Morgan fingerprint density at radius 2 is 1.28 bits per heavy atom. The highest BCUT2D eigenvalue weighted by molar-refractivity contribution is 7.99. The highest BCUT2D eigenvalue weighted by atomic mass is 32.2. The van der Waals surface area contributed by atoms with Gasteiger partial charge < -0.3 is 18.9 Å². The van der Waals surface area contributed by atoms with E-state index >= 15 is 0 Å². The van der Waals surface area contributed by atoms with E-state index in [-0.39, 0.29) is 23.1 Å². The summed E-state index contributed by atoms with van der Waals surface area (Å²) in [4.78, 5) is 7.57. The summed E-state index contributed by atoms with van der Waals surface area (Å²) in [6.07, 6.45) is 2.29. The second-order valence-corrected chi connectivity index (χ2v) is 25.7. The molecule has 0 unspecified atom stereocenters. The first kappa shape index (κ1) is 44.3. The van der Waals surface area contributed by atoms with Gasteiger partial charge in [0.25, 0.3) is 0 Å². The standard InChI is InChI=1S/C67H55BN2O2S2/c1-38-30-47-48(67(7,8)29-28-66(47,5)6)34-51(38)69-53-36-57-61(74-59-25-17-15-23-56(59)71-57)35-49(53)68-63-54(69)33-45-41-20-12-14-22-55(41)72-64(45)62(63)46-32-44-42-21-13-16-24-58(42)73-60(44)37-52(46)70(68)50-27-26-40(65(2,3)4)31-43(50)39-18-10-9-11-19-39/h9-27,30-37H,28-29H2,1-8H3. The summed E-state index contributed by atoms with van der Waals surface area (Å²) in [5.74, 6) is 1.77. The van der Waals surface area contributed by atoms with E-state index in [0.29, 0.717) is 0 Å². The molecule has 4 aliphatic rings. The van der Waals surface area contributed by atoms with Crippen molar-refractivity contribution < 1.29 is 9.15 Å². The quantitative estimate of drug-likeness (QED) is 0.165. The van der Waals surface area contributed by atoms with E-state index < -0.39 is 0 Å². The number of benzene rings is 9.